The van der Waals surface area contributed by atoms with Gasteiger partial charge in [-0.2, -0.15) is 5.10 Å². The van der Waals surface area contributed by atoms with E-state index >= 15 is 0 Å². The van der Waals surface area contributed by atoms with Gasteiger partial charge in [0.1, 0.15) is 11.6 Å². The molecule has 0 bridgehead atoms. The first-order valence-electron chi connectivity index (χ1n) is 9.47. The second-order valence-electron chi connectivity index (χ2n) is 7.25. The van der Waals surface area contributed by atoms with Gasteiger partial charge in [0, 0.05) is 5.56 Å². The SMILES string of the molecule is C[C@H](NC(=O)C(=O)Nc1c2c(nn1-c1ccc(F)cc1)CS(=O)(=O)C2)c1ccccc1. The van der Waals surface area contributed by atoms with Gasteiger partial charge in [0.2, 0.25) is 0 Å². The van der Waals surface area contributed by atoms with E-state index in [4.69, 9.17) is 0 Å². The first-order valence-corrected chi connectivity index (χ1v) is 11.3. The Morgan fingerprint density at radius 3 is 2.39 bits per heavy atom. The second-order valence-corrected chi connectivity index (χ2v) is 9.32. The number of carbonyl (C=O) groups is 2. The molecular weight excluding hydrogens is 423 g/mol. The standard InChI is InChI=1S/C21H19FN4O4S/c1-13(14-5-3-2-4-6-14)23-20(27)21(28)24-19-17-11-31(29,30)12-18(17)25-26(19)16-9-7-15(22)8-10-16/h2-10,13H,11-12H2,1H3,(H,23,27)(H,24,28)/t13-/m0/s1. The van der Waals surface area contributed by atoms with E-state index in [0.29, 0.717) is 11.3 Å². The Kier molecular flexibility index (Phi) is 5.32. The summed E-state index contributed by atoms with van der Waals surface area (Å²) in [6.45, 7) is 1.74. The van der Waals surface area contributed by atoms with Gasteiger partial charge >= 0.3 is 11.8 Å². The first-order chi connectivity index (χ1) is 14.7. The first kappa shape index (κ1) is 20.7. The molecule has 3 aromatic rings. The van der Waals surface area contributed by atoms with Crippen LogP contribution in [0.5, 0.6) is 0 Å². The second kappa shape index (κ2) is 7.95. The normalized spacial score (nSPS) is 15.2. The monoisotopic (exact) mass is 442 g/mol. The summed E-state index contributed by atoms with van der Waals surface area (Å²) in [5.74, 6) is -2.78. The summed E-state index contributed by atoms with van der Waals surface area (Å²) >= 11 is 0. The van der Waals surface area contributed by atoms with Crippen molar-refractivity contribution in [3.8, 4) is 5.69 Å². The van der Waals surface area contributed by atoms with E-state index in [1.165, 1.54) is 28.9 Å². The molecule has 0 saturated carbocycles. The van der Waals surface area contributed by atoms with Crippen molar-refractivity contribution in [2.24, 2.45) is 0 Å². The van der Waals surface area contributed by atoms with Gasteiger partial charge in [-0.15, -0.1) is 0 Å². The van der Waals surface area contributed by atoms with E-state index in [9.17, 15) is 22.4 Å². The zero-order valence-corrected chi connectivity index (χ0v) is 17.3. The fourth-order valence-corrected chi connectivity index (χ4v) is 4.89. The van der Waals surface area contributed by atoms with Crippen LogP contribution >= 0.6 is 0 Å². The fraction of sp³-hybridized carbons (Fsp3) is 0.190. The average Bonchev–Trinajstić information content (AvgIpc) is 3.21. The molecule has 4 rings (SSSR count). The van der Waals surface area contributed by atoms with Crippen LogP contribution in [0.2, 0.25) is 0 Å². The van der Waals surface area contributed by atoms with Crippen LogP contribution in [0.3, 0.4) is 0 Å². The lowest BCUT2D eigenvalue weighted by atomic mass is 10.1. The number of hydrogen-bond donors (Lipinski definition) is 2. The number of hydrogen-bond acceptors (Lipinski definition) is 5. The van der Waals surface area contributed by atoms with Gasteiger partial charge in [0.25, 0.3) is 0 Å². The van der Waals surface area contributed by atoms with Crippen LogP contribution in [-0.2, 0) is 30.9 Å². The number of rotatable bonds is 4. The molecule has 0 saturated heterocycles. The van der Waals surface area contributed by atoms with Crippen molar-refractivity contribution in [2.75, 3.05) is 5.32 Å². The lowest BCUT2D eigenvalue weighted by molar-refractivity contribution is -0.136. The minimum absolute atomic E-state index is 0.0789. The zero-order chi connectivity index (χ0) is 22.2. The Morgan fingerprint density at radius 2 is 1.71 bits per heavy atom. The predicted octanol–water partition coefficient (Wildman–Crippen LogP) is 2.26. The molecule has 1 aromatic heterocycles. The quantitative estimate of drug-likeness (QED) is 0.603. The highest BCUT2D eigenvalue weighted by Gasteiger charge is 2.34. The van der Waals surface area contributed by atoms with Crippen LogP contribution in [0.1, 0.15) is 29.8 Å². The summed E-state index contributed by atoms with van der Waals surface area (Å²) in [5, 5.41) is 9.38. The number of benzene rings is 2. The van der Waals surface area contributed by atoms with Gasteiger partial charge < -0.3 is 10.6 Å². The van der Waals surface area contributed by atoms with Crippen molar-refractivity contribution in [1.82, 2.24) is 15.1 Å². The maximum atomic E-state index is 13.3. The van der Waals surface area contributed by atoms with Crippen LogP contribution < -0.4 is 10.6 Å². The summed E-state index contributed by atoms with van der Waals surface area (Å²) in [5.41, 5.74) is 1.85. The molecule has 1 atom stereocenters. The maximum Gasteiger partial charge on any atom is 0.314 e. The number of fused-ring (bicyclic) bond motifs is 1. The number of halogens is 1. The van der Waals surface area contributed by atoms with Crippen LogP contribution in [0.4, 0.5) is 10.2 Å². The summed E-state index contributed by atoms with van der Waals surface area (Å²) in [4.78, 5) is 25.1. The molecule has 0 aliphatic carbocycles. The van der Waals surface area contributed by atoms with Crippen molar-refractivity contribution in [3.63, 3.8) is 0 Å². The van der Waals surface area contributed by atoms with Crippen LogP contribution in [0.25, 0.3) is 5.69 Å². The molecule has 2 amide bonds. The number of amides is 2. The molecule has 2 aromatic carbocycles. The van der Waals surface area contributed by atoms with Gasteiger partial charge in [-0.05, 0) is 36.8 Å². The molecule has 8 nitrogen and oxygen atoms in total. The van der Waals surface area contributed by atoms with Crippen LogP contribution in [-0.4, -0.2) is 30.0 Å². The number of nitrogens with zero attached hydrogens (tertiary/aromatic N) is 2. The van der Waals surface area contributed by atoms with Gasteiger partial charge in [-0.25, -0.2) is 17.5 Å². The summed E-state index contributed by atoms with van der Waals surface area (Å²) < 4.78 is 38.7. The number of sulfone groups is 1. The van der Waals surface area contributed by atoms with Crippen molar-refractivity contribution in [2.45, 2.75) is 24.5 Å². The molecule has 0 unspecified atom stereocenters. The van der Waals surface area contributed by atoms with Gasteiger partial charge in [0.05, 0.1) is 28.9 Å². The molecule has 0 spiro atoms. The fourth-order valence-electron chi connectivity index (χ4n) is 3.39. The van der Waals surface area contributed by atoms with E-state index in [1.54, 1.807) is 6.92 Å². The molecule has 1 aliphatic rings. The summed E-state index contributed by atoms with van der Waals surface area (Å²) in [7, 11) is -3.39. The molecule has 160 valence electrons. The molecule has 1 aliphatic heterocycles. The van der Waals surface area contributed by atoms with Crippen LogP contribution in [0.15, 0.2) is 54.6 Å². The average molecular weight is 442 g/mol. The van der Waals surface area contributed by atoms with E-state index in [1.807, 2.05) is 30.3 Å². The lowest BCUT2D eigenvalue weighted by Crippen LogP contribution is -2.37. The summed E-state index contributed by atoms with van der Waals surface area (Å²) in [6.07, 6.45) is 0. The smallest absolute Gasteiger partial charge is 0.314 e. The number of nitrogens with one attached hydrogen (secondary N) is 2. The number of carbonyl (C=O) groups excluding carboxylic acids is 2. The minimum Gasteiger partial charge on any atom is -0.341 e. The van der Waals surface area contributed by atoms with Crippen molar-refractivity contribution < 1.29 is 22.4 Å². The van der Waals surface area contributed by atoms with E-state index < -0.39 is 33.5 Å². The predicted molar refractivity (Wildman–Crippen MR) is 111 cm³/mol. The number of anilines is 1. The Balaban J connectivity index is 1.60. The highest BCUT2D eigenvalue weighted by molar-refractivity contribution is 7.90. The van der Waals surface area contributed by atoms with Crippen molar-refractivity contribution in [3.05, 3.63) is 77.2 Å². The van der Waals surface area contributed by atoms with Crippen molar-refractivity contribution >= 4 is 27.5 Å². The summed E-state index contributed by atoms with van der Waals surface area (Å²) in [6, 6.07) is 14.1. The maximum absolute atomic E-state index is 13.3. The molecule has 0 fully saturated rings. The Morgan fingerprint density at radius 1 is 1.03 bits per heavy atom. The van der Waals surface area contributed by atoms with Gasteiger partial charge in [-0.1, -0.05) is 30.3 Å². The molecule has 2 N–H and O–H groups in total. The van der Waals surface area contributed by atoms with Gasteiger partial charge in [0.15, 0.2) is 9.84 Å². The van der Waals surface area contributed by atoms with Gasteiger partial charge in [-0.3, -0.25) is 9.59 Å². The highest BCUT2D eigenvalue weighted by atomic mass is 32.2. The largest absolute Gasteiger partial charge is 0.341 e. The third kappa shape index (κ3) is 4.33. The third-order valence-electron chi connectivity index (χ3n) is 4.94. The van der Waals surface area contributed by atoms with E-state index in [0.717, 1.165) is 5.56 Å². The minimum atomic E-state index is -3.39. The molecule has 10 heteroatoms. The molecule has 2 heterocycles. The van der Waals surface area contributed by atoms with E-state index in [-0.39, 0.29) is 23.0 Å². The molecule has 31 heavy (non-hydrogen) atoms. The zero-order valence-electron chi connectivity index (χ0n) is 16.5. The Bertz CT molecular complexity index is 1250. The third-order valence-corrected chi connectivity index (χ3v) is 6.39. The molecular formula is C21H19FN4O4S. The Labute approximate surface area is 178 Å². The lowest BCUT2D eigenvalue weighted by Gasteiger charge is -2.15. The van der Waals surface area contributed by atoms with E-state index in [2.05, 4.69) is 15.7 Å². The molecule has 0 radical (unpaired) electrons. The Hall–Kier alpha value is -3.53. The number of aromatic nitrogens is 2. The topological polar surface area (TPSA) is 110 Å². The van der Waals surface area contributed by atoms with Crippen molar-refractivity contribution in [1.29, 1.82) is 0 Å². The highest BCUT2D eigenvalue weighted by Crippen LogP contribution is 2.33. The van der Waals surface area contributed by atoms with Crippen LogP contribution in [0, 0.1) is 5.82 Å².